The van der Waals surface area contributed by atoms with Gasteiger partial charge in [0.15, 0.2) is 0 Å². The van der Waals surface area contributed by atoms with Gasteiger partial charge in [-0.2, -0.15) is 0 Å². The van der Waals surface area contributed by atoms with Gasteiger partial charge in [-0.3, -0.25) is 0 Å². The Balaban J connectivity index is 3.28. The molecule has 0 aliphatic rings. The van der Waals surface area contributed by atoms with Gasteiger partial charge in [0.1, 0.15) is 22.9 Å². The van der Waals surface area contributed by atoms with Crippen molar-refractivity contribution in [2.45, 2.75) is 6.92 Å². The van der Waals surface area contributed by atoms with Gasteiger partial charge in [-0.15, -0.1) is 0 Å². The Morgan fingerprint density at radius 2 is 2.21 bits per heavy atom. The minimum absolute atomic E-state index is 0.169. The minimum Gasteiger partial charge on any atom is -0.507 e. The van der Waals surface area contributed by atoms with Crippen LogP contribution in [0.3, 0.4) is 0 Å². The van der Waals surface area contributed by atoms with E-state index >= 15 is 0 Å². The summed E-state index contributed by atoms with van der Waals surface area (Å²) >= 11 is 0. The molecule has 1 aromatic carbocycles. The molecule has 0 aromatic heterocycles. The van der Waals surface area contributed by atoms with Gasteiger partial charge >= 0.3 is 5.97 Å². The van der Waals surface area contributed by atoms with E-state index in [2.05, 4.69) is 0 Å². The summed E-state index contributed by atoms with van der Waals surface area (Å²) in [6.45, 7) is 1.83. The van der Waals surface area contributed by atoms with Crippen LogP contribution in [0.4, 0.5) is 4.39 Å². The lowest BCUT2D eigenvalue weighted by molar-refractivity contribution is 0.0689. The maximum Gasteiger partial charge on any atom is 0.343 e. The first-order valence-electron chi connectivity index (χ1n) is 3.94. The Labute approximate surface area is 79.6 Å². The summed E-state index contributed by atoms with van der Waals surface area (Å²) in [7, 11) is 0. The molecular weight excluding hydrogens is 191 g/mol. The minimum atomic E-state index is -1.36. The second-order valence-electron chi connectivity index (χ2n) is 2.54. The van der Waals surface area contributed by atoms with Crippen molar-refractivity contribution in [3.63, 3.8) is 0 Å². The Morgan fingerprint density at radius 1 is 1.57 bits per heavy atom. The van der Waals surface area contributed by atoms with E-state index in [1.807, 2.05) is 0 Å². The lowest BCUT2D eigenvalue weighted by atomic mass is 10.1. The van der Waals surface area contributed by atoms with Gasteiger partial charge in [-0.05, 0) is 6.92 Å². The first kappa shape index (κ1) is 10.3. The molecule has 0 fully saturated rings. The Bertz CT molecular complexity index is 362. The van der Waals surface area contributed by atoms with Crippen LogP contribution in [-0.4, -0.2) is 22.8 Å². The molecule has 2 N–H and O–H groups in total. The van der Waals surface area contributed by atoms with E-state index in [0.29, 0.717) is 0 Å². The summed E-state index contributed by atoms with van der Waals surface area (Å²) in [4.78, 5) is 10.7. The molecule has 1 rings (SSSR count). The molecule has 76 valence electrons. The van der Waals surface area contributed by atoms with E-state index < -0.39 is 23.1 Å². The maximum atomic E-state index is 12.8. The number of carboxylic acid groups (broad SMARTS) is 1. The van der Waals surface area contributed by atoms with Crippen molar-refractivity contribution in [1.29, 1.82) is 0 Å². The normalized spacial score (nSPS) is 9.86. The molecule has 5 heteroatoms. The quantitative estimate of drug-likeness (QED) is 0.778. The highest BCUT2D eigenvalue weighted by Crippen LogP contribution is 2.29. The second-order valence-corrected chi connectivity index (χ2v) is 2.54. The molecule has 0 aliphatic heterocycles. The number of hydrogen-bond acceptors (Lipinski definition) is 3. The first-order chi connectivity index (χ1) is 6.56. The molecule has 0 amide bonds. The fraction of sp³-hybridized carbons (Fsp3) is 0.222. The number of phenols is 1. The lowest BCUT2D eigenvalue weighted by Crippen LogP contribution is -2.03. The van der Waals surface area contributed by atoms with Crippen molar-refractivity contribution < 1.29 is 24.1 Å². The van der Waals surface area contributed by atoms with Crippen LogP contribution in [0.1, 0.15) is 17.3 Å². The van der Waals surface area contributed by atoms with Crippen LogP contribution in [0, 0.1) is 5.82 Å². The van der Waals surface area contributed by atoms with Gasteiger partial charge < -0.3 is 14.9 Å². The van der Waals surface area contributed by atoms with Crippen LogP contribution in [0.2, 0.25) is 0 Å². The molecule has 1 aromatic rings. The summed E-state index contributed by atoms with van der Waals surface area (Å²) < 4.78 is 17.6. The van der Waals surface area contributed by atoms with Crippen molar-refractivity contribution in [3.8, 4) is 11.5 Å². The third-order valence-corrected chi connectivity index (χ3v) is 1.56. The molecule has 0 spiro atoms. The summed E-state index contributed by atoms with van der Waals surface area (Å²) in [5.41, 5.74) is -0.423. The molecular formula is C9H9FO4. The van der Waals surface area contributed by atoms with Gasteiger partial charge in [0.05, 0.1) is 6.61 Å². The monoisotopic (exact) mass is 200 g/mol. The van der Waals surface area contributed by atoms with Gasteiger partial charge in [0, 0.05) is 12.1 Å². The number of aromatic hydroxyl groups is 1. The van der Waals surface area contributed by atoms with Gasteiger partial charge in [0.25, 0.3) is 0 Å². The summed E-state index contributed by atoms with van der Waals surface area (Å²) in [5.74, 6) is -2.90. The summed E-state index contributed by atoms with van der Waals surface area (Å²) in [6.07, 6.45) is 0. The van der Waals surface area contributed by atoms with Gasteiger partial charge in [0.2, 0.25) is 0 Å². The zero-order chi connectivity index (χ0) is 10.7. The van der Waals surface area contributed by atoms with E-state index in [9.17, 15) is 9.18 Å². The number of carbonyl (C=O) groups is 1. The van der Waals surface area contributed by atoms with E-state index in [0.717, 1.165) is 12.1 Å². The van der Waals surface area contributed by atoms with E-state index in [4.69, 9.17) is 14.9 Å². The highest BCUT2D eigenvalue weighted by Gasteiger charge is 2.18. The average molecular weight is 200 g/mol. The van der Waals surface area contributed by atoms with E-state index in [1.165, 1.54) is 0 Å². The van der Waals surface area contributed by atoms with Crippen molar-refractivity contribution in [1.82, 2.24) is 0 Å². The topological polar surface area (TPSA) is 66.8 Å². The standard InChI is InChI=1S/C9H9FO4/c1-2-14-7-4-5(10)3-6(11)8(7)9(12)13/h3-4,11H,2H2,1H3,(H,12,13). The van der Waals surface area contributed by atoms with Crippen LogP contribution < -0.4 is 4.74 Å². The molecule has 0 radical (unpaired) electrons. The second kappa shape index (κ2) is 3.95. The smallest absolute Gasteiger partial charge is 0.343 e. The number of ether oxygens (including phenoxy) is 1. The molecule has 0 atom stereocenters. The van der Waals surface area contributed by atoms with Gasteiger partial charge in [-0.25, -0.2) is 9.18 Å². The van der Waals surface area contributed by atoms with Crippen molar-refractivity contribution in [3.05, 3.63) is 23.5 Å². The van der Waals surface area contributed by atoms with Gasteiger partial charge in [-0.1, -0.05) is 0 Å². The van der Waals surface area contributed by atoms with Crippen molar-refractivity contribution >= 4 is 5.97 Å². The lowest BCUT2D eigenvalue weighted by Gasteiger charge is -2.08. The number of carboxylic acids is 1. The zero-order valence-corrected chi connectivity index (χ0v) is 7.45. The van der Waals surface area contributed by atoms with Crippen LogP contribution in [0.5, 0.6) is 11.5 Å². The predicted molar refractivity (Wildman–Crippen MR) is 46.2 cm³/mol. The molecule has 4 nitrogen and oxygen atoms in total. The molecule has 0 bridgehead atoms. The van der Waals surface area contributed by atoms with Crippen molar-refractivity contribution in [2.24, 2.45) is 0 Å². The number of aromatic carboxylic acids is 1. The predicted octanol–water partition coefficient (Wildman–Crippen LogP) is 1.63. The van der Waals surface area contributed by atoms with Crippen LogP contribution in [-0.2, 0) is 0 Å². The molecule has 0 saturated heterocycles. The number of benzene rings is 1. The number of hydrogen-bond donors (Lipinski definition) is 2. The molecule has 0 aliphatic carbocycles. The Hall–Kier alpha value is -1.78. The molecule has 14 heavy (non-hydrogen) atoms. The van der Waals surface area contributed by atoms with Crippen LogP contribution >= 0.6 is 0 Å². The SMILES string of the molecule is CCOc1cc(F)cc(O)c1C(=O)O. The highest BCUT2D eigenvalue weighted by molar-refractivity contribution is 5.94. The summed E-state index contributed by atoms with van der Waals surface area (Å²) in [5, 5.41) is 17.9. The molecule has 0 saturated carbocycles. The Morgan fingerprint density at radius 3 is 2.71 bits per heavy atom. The number of rotatable bonds is 3. The van der Waals surface area contributed by atoms with Crippen LogP contribution in [0.25, 0.3) is 0 Å². The average Bonchev–Trinajstić information content (AvgIpc) is 2.01. The van der Waals surface area contributed by atoms with Crippen LogP contribution in [0.15, 0.2) is 12.1 Å². The largest absolute Gasteiger partial charge is 0.507 e. The maximum absolute atomic E-state index is 12.8. The third-order valence-electron chi connectivity index (χ3n) is 1.56. The third kappa shape index (κ3) is 1.93. The summed E-state index contributed by atoms with van der Waals surface area (Å²) in [6, 6.07) is 1.65. The highest BCUT2D eigenvalue weighted by atomic mass is 19.1. The number of halogens is 1. The first-order valence-corrected chi connectivity index (χ1v) is 3.94. The molecule has 0 heterocycles. The fourth-order valence-corrected chi connectivity index (χ4v) is 1.05. The Kier molecular flexibility index (Phi) is 2.91. The van der Waals surface area contributed by atoms with Crippen molar-refractivity contribution in [2.75, 3.05) is 6.61 Å². The van der Waals surface area contributed by atoms with E-state index in [1.54, 1.807) is 6.92 Å². The molecule has 0 unspecified atom stereocenters. The zero-order valence-electron chi connectivity index (χ0n) is 7.45. The fourth-order valence-electron chi connectivity index (χ4n) is 1.05. The van der Waals surface area contributed by atoms with E-state index in [-0.39, 0.29) is 12.4 Å².